The fraction of sp³-hybridized carbons (Fsp3) is 0.174. The summed E-state index contributed by atoms with van der Waals surface area (Å²) in [6.07, 6.45) is 1.67. The normalized spacial score (nSPS) is 15.2. The topological polar surface area (TPSA) is 125 Å². The molecule has 1 saturated heterocycles. The molecule has 2 heterocycles. The van der Waals surface area contributed by atoms with Crippen LogP contribution in [-0.4, -0.2) is 57.3 Å². The number of rotatable bonds is 6. The van der Waals surface area contributed by atoms with Crippen LogP contribution in [0.5, 0.6) is 0 Å². The van der Waals surface area contributed by atoms with Crippen LogP contribution in [0.25, 0.3) is 10.9 Å². The fourth-order valence-electron chi connectivity index (χ4n) is 3.66. The Morgan fingerprint density at radius 2 is 1.74 bits per heavy atom. The van der Waals surface area contributed by atoms with Gasteiger partial charge in [-0.1, -0.05) is 18.2 Å². The van der Waals surface area contributed by atoms with E-state index in [0.29, 0.717) is 47.8 Å². The van der Waals surface area contributed by atoms with Crippen molar-refractivity contribution < 1.29 is 14.1 Å². The largest absolute Gasteiger partial charge is 0.588 e. The number of thiol groups is 1. The van der Waals surface area contributed by atoms with Gasteiger partial charge >= 0.3 is 0 Å². The minimum atomic E-state index is -1.52. The quantitative estimate of drug-likeness (QED) is 0.209. The smallest absolute Gasteiger partial charge is 0.274 e. The van der Waals surface area contributed by atoms with Crippen LogP contribution in [0.3, 0.4) is 0 Å². The molecule has 9 nitrogen and oxygen atoms in total. The Labute approximate surface area is 205 Å². The second-order valence-electron chi connectivity index (χ2n) is 7.49. The van der Waals surface area contributed by atoms with Gasteiger partial charge in [0.05, 0.1) is 5.69 Å². The predicted molar refractivity (Wildman–Crippen MR) is 133 cm³/mol. The van der Waals surface area contributed by atoms with Crippen molar-refractivity contribution in [2.75, 3.05) is 30.9 Å². The molecule has 0 saturated carbocycles. The average molecular weight is 495 g/mol. The predicted octanol–water partition coefficient (Wildman–Crippen LogP) is 3.46. The first-order valence-corrected chi connectivity index (χ1v) is 12.1. The van der Waals surface area contributed by atoms with Crippen molar-refractivity contribution in [2.24, 2.45) is 5.11 Å². The molecule has 1 aliphatic rings. The molecule has 3 aromatic rings. The van der Waals surface area contributed by atoms with Crippen molar-refractivity contribution in [1.29, 1.82) is 5.53 Å². The molecular formula is C23H22N6O3S2. The molecule has 1 fully saturated rings. The number of nitrogens with zero attached hydrogens (tertiary/aromatic N) is 4. The third-order valence-electron chi connectivity index (χ3n) is 5.45. The molecule has 2 N–H and O–H groups in total. The second-order valence-corrected chi connectivity index (χ2v) is 8.93. The third kappa shape index (κ3) is 5.06. The lowest BCUT2D eigenvalue weighted by Gasteiger charge is -2.34. The highest BCUT2D eigenvalue weighted by atomic mass is 32.2. The number of hydrogen-bond acceptors (Lipinski definition) is 8. The van der Waals surface area contributed by atoms with Crippen LogP contribution in [-0.2, 0) is 16.2 Å². The lowest BCUT2D eigenvalue weighted by Crippen LogP contribution is -2.50. The third-order valence-corrected chi connectivity index (χ3v) is 6.85. The van der Waals surface area contributed by atoms with Gasteiger partial charge in [-0.15, -0.1) is 12.6 Å². The molecule has 174 valence electrons. The number of fused-ring (bicyclic) bond motifs is 1. The van der Waals surface area contributed by atoms with Crippen LogP contribution in [0.15, 0.2) is 81.9 Å². The van der Waals surface area contributed by atoms with Crippen LogP contribution < -0.4 is 4.72 Å². The Balaban J connectivity index is 1.38. The molecule has 1 unspecified atom stereocenters. The first-order chi connectivity index (χ1) is 16.5. The first-order valence-electron chi connectivity index (χ1n) is 10.4. The average Bonchev–Trinajstić information content (AvgIpc) is 2.89. The van der Waals surface area contributed by atoms with Gasteiger partial charge in [0, 0.05) is 48.7 Å². The highest BCUT2D eigenvalue weighted by Crippen LogP contribution is 2.23. The van der Waals surface area contributed by atoms with Gasteiger partial charge in [0.15, 0.2) is 5.70 Å². The van der Waals surface area contributed by atoms with Crippen LogP contribution in [0, 0.1) is 5.53 Å². The van der Waals surface area contributed by atoms with Gasteiger partial charge in [-0.25, -0.2) is 10.3 Å². The number of para-hydroxylation sites is 1. The molecule has 2 amide bonds. The van der Waals surface area contributed by atoms with Gasteiger partial charge in [0.2, 0.25) is 4.90 Å². The van der Waals surface area contributed by atoms with Gasteiger partial charge < -0.3 is 14.4 Å². The van der Waals surface area contributed by atoms with Crippen molar-refractivity contribution in [3.05, 3.63) is 77.5 Å². The van der Waals surface area contributed by atoms with Crippen LogP contribution in [0.1, 0.15) is 10.4 Å². The number of hydrogen-bond donors (Lipinski definition) is 3. The summed E-state index contributed by atoms with van der Waals surface area (Å²) >= 11 is 2.38. The fourth-order valence-corrected chi connectivity index (χ4v) is 4.83. The van der Waals surface area contributed by atoms with Gasteiger partial charge in [-0.2, -0.15) is 5.11 Å². The minimum absolute atomic E-state index is 0.0390. The summed E-state index contributed by atoms with van der Waals surface area (Å²) in [5, 5.41) is 5.29. The molecular weight excluding hydrogens is 472 g/mol. The maximum Gasteiger partial charge on any atom is 0.274 e. The van der Waals surface area contributed by atoms with Crippen molar-refractivity contribution in [1.82, 2.24) is 14.8 Å². The molecule has 0 spiro atoms. The van der Waals surface area contributed by atoms with Gasteiger partial charge in [0.1, 0.15) is 16.9 Å². The Kier molecular flexibility index (Phi) is 7.46. The Bertz CT molecular complexity index is 1240. The van der Waals surface area contributed by atoms with E-state index in [2.05, 4.69) is 27.4 Å². The van der Waals surface area contributed by atoms with Crippen molar-refractivity contribution in [3.63, 3.8) is 0 Å². The molecule has 0 bridgehead atoms. The molecule has 0 aliphatic carbocycles. The summed E-state index contributed by atoms with van der Waals surface area (Å²) in [7, 11) is 0. The maximum atomic E-state index is 12.9. The Morgan fingerprint density at radius 1 is 1.06 bits per heavy atom. The number of benzene rings is 2. The molecule has 1 aliphatic heterocycles. The van der Waals surface area contributed by atoms with Crippen LogP contribution >= 0.6 is 12.6 Å². The zero-order chi connectivity index (χ0) is 24.1. The van der Waals surface area contributed by atoms with E-state index in [9.17, 15) is 14.1 Å². The first kappa shape index (κ1) is 23.7. The lowest BCUT2D eigenvalue weighted by molar-refractivity contribution is -0.128. The molecule has 11 heteroatoms. The number of anilines is 1. The number of carbonyl (C=O) groups excluding carboxylic acids is 2. The zero-order valence-electron chi connectivity index (χ0n) is 18.0. The molecule has 0 radical (unpaired) electrons. The summed E-state index contributed by atoms with van der Waals surface area (Å²) < 4.78 is 15.9. The summed E-state index contributed by atoms with van der Waals surface area (Å²) in [5.41, 5.74) is 8.79. The van der Waals surface area contributed by atoms with E-state index in [-0.39, 0.29) is 17.5 Å². The van der Waals surface area contributed by atoms with E-state index < -0.39 is 11.4 Å². The van der Waals surface area contributed by atoms with E-state index in [1.807, 2.05) is 24.3 Å². The second kappa shape index (κ2) is 10.7. The molecule has 2 aromatic carbocycles. The summed E-state index contributed by atoms with van der Waals surface area (Å²) in [5.74, 6) is -0.518. The van der Waals surface area contributed by atoms with Gasteiger partial charge in [-0.05, 0) is 36.4 Å². The number of carbonyl (C=O) groups is 2. The van der Waals surface area contributed by atoms with E-state index >= 15 is 0 Å². The summed E-state index contributed by atoms with van der Waals surface area (Å²) in [4.78, 5) is 33.3. The van der Waals surface area contributed by atoms with E-state index in [0.717, 1.165) is 5.39 Å². The van der Waals surface area contributed by atoms with E-state index in [1.54, 1.807) is 46.3 Å². The highest BCUT2D eigenvalue weighted by Gasteiger charge is 2.26. The summed E-state index contributed by atoms with van der Waals surface area (Å²) in [6.45, 7) is 1.45. The number of nitrogens with one attached hydrogen (secondary N) is 2. The van der Waals surface area contributed by atoms with Gasteiger partial charge in [0.25, 0.3) is 11.8 Å². The van der Waals surface area contributed by atoms with Crippen LogP contribution in [0.4, 0.5) is 5.69 Å². The molecule has 1 atom stereocenters. The van der Waals surface area contributed by atoms with Crippen molar-refractivity contribution in [2.45, 2.75) is 4.90 Å². The summed E-state index contributed by atoms with van der Waals surface area (Å²) in [6, 6.07) is 16.1. The van der Waals surface area contributed by atoms with E-state index in [4.69, 9.17) is 5.53 Å². The number of piperazine rings is 1. The highest BCUT2D eigenvalue weighted by molar-refractivity contribution is 7.93. The number of amides is 2. The Hall–Kier alpha value is -3.41. The molecule has 1 aromatic heterocycles. The Morgan fingerprint density at radius 3 is 2.41 bits per heavy atom. The maximum absolute atomic E-state index is 12.9. The lowest BCUT2D eigenvalue weighted by atomic mass is 10.1. The van der Waals surface area contributed by atoms with Crippen molar-refractivity contribution >= 4 is 52.4 Å². The SMILES string of the molecule is N=N/C(=C\S)C(=O)N1CCN(C(=O)c2ccc(N[S+]([O-])c3cccc4cccnc34)cc2)CC1. The van der Waals surface area contributed by atoms with Crippen LogP contribution in [0.2, 0.25) is 0 Å². The molecule has 34 heavy (non-hydrogen) atoms. The molecule has 4 rings (SSSR count). The number of pyridine rings is 1. The van der Waals surface area contributed by atoms with Gasteiger partial charge in [-0.3, -0.25) is 14.6 Å². The van der Waals surface area contributed by atoms with E-state index in [1.165, 1.54) is 5.41 Å². The monoisotopic (exact) mass is 494 g/mol. The van der Waals surface area contributed by atoms with Crippen molar-refractivity contribution in [3.8, 4) is 0 Å². The minimum Gasteiger partial charge on any atom is -0.588 e. The number of aromatic nitrogens is 1. The zero-order valence-corrected chi connectivity index (χ0v) is 19.8. The standard InChI is InChI=1S/C23H22N6O3S2/c24-26-19(15-33)23(31)29-13-11-28(12-14-29)22(30)17-6-8-18(9-7-17)27-34(32)20-5-1-3-16-4-2-10-25-21(16)20/h1-10,15,24,27,33H,11-14H2/b19-15-,26-24?.